The Hall–Kier alpha value is -3.48. The Bertz CT molecular complexity index is 1060. The molecule has 0 saturated heterocycles. The number of aromatic nitrogens is 2. The highest BCUT2D eigenvalue weighted by Crippen LogP contribution is 2.32. The third kappa shape index (κ3) is 4.99. The Kier molecular flexibility index (Phi) is 6.11. The lowest BCUT2D eigenvalue weighted by molar-refractivity contribution is -0.123. The van der Waals surface area contributed by atoms with Crippen LogP contribution in [0, 0.1) is 11.8 Å². The third-order valence-corrected chi connectivity index (χ3v) is 5.39. The van der Waals surface area contributed by atoms with Crippen molar-refractivity contribution in [3.05, 3.63) is 60.0 Å². The summed E-state index contributed by atoms with van der Waals surface area (Å²) < 4.78 is 0. The van der Waals surface area contributed by atoms with Gasteiger partial charge in [0.15, 0.2) is 0 Å². The van der Waals surface area contributed by atoms with Gasteiger partial charge in [-0.3, -0.25) is 9.59 Å². The van der Waals surface area contributed by atoms with Crippen molar-refractivity contribution >= 4 is 23.5 Å². The summed E-state index contributed by atoms with van der Waals surface area (Å²) in [6.45, 7) is 4.99. The molecule has 1 unspecified atom stereocenters. The summed E-state index contributed by atoms with van der Waals surface area (Å²) >= 11 is 0. The molecular weight excluding hydrogens is 390 g/mol. The van der Waals surface area contributed by atoms with Crippen LogP contribution >= 0.6 is 0 Å². The highest BCUT2D eigenvalue weighted by atomic mass is 16.2. The van der Waals surface area contributed by atoms with Gasteiger partial charge in [0.25, 0.3) is 0 Å². The van der Waals surface area contributed by atoms with Gasteiger partial charge in [0.2, 0.25) is 17.8 Å². The highest BCUT2D eigenvalue weighted by molar-refractivity contribution is 5.99. The normalized spacial score (nSPS) is 17.2. The monoisotopic (exact) mass is 417 g/mol. The number of nitrogens with one attached hydrogen (secondary N) is 3. The van der Waals surface area contributed by atoms with Crippen molar-refractivity contribution in [2.24, 2.45) is 11.8 Å². The molecule has 0 radical (unpaired) electrons. The second-order valence-electron chi connectivity index (χ2n) is 8.30. The Labute approximate surface area is 182 Å². The lowest BCUT2D eigenvalue weighted by atomic mass is 9.98. The van der Waals surface area contributed by atoms with Crippen LogP contribution in [0.4, 0.5) is 11.6 Å². The van der Waals surface area contributed by atoms with Crippen molar-refractivity contribution in [3.63, 3.8) is 0 Å². The molecule has 1 aromatic carbocycles. The summed E-state index contributed by atoms with van der Waals surface area (Å²) in [6.07, 6.45) is 9.33. The number of anilines is 2. The van der Waals surface area contributed by atoms with E-state index >= 15 is 0 Å². The number of fused-ring (bicyclic) bond motifs is 3. The zero-order valence-corrected chi connectivity index (χ0v) is 17.8. The largest absolute Gasteiger partial charge is 0.356 e. The van der Waals surface area contributed by atoms with Gasteiger partial charge in [-0.05, 0) is 30.9 Å². The topological polar surface area (TPSA) is 96.0 Å². The molecule has 1 aliphatic heterocycles. The van der Waals surface area contributed by atoms with Gasteiger partial charge in [-0.25, -0.2) is 9.97 Å². The van der Waals surface area contributed by atoms with Gasteiger partial charge < -0.3 is 16.0 Å². The third-order valence-electron chi connectivity index (χ3n) is 5.39. The molecule has 0 spiro atoms. The number of rotatable bonds is 6. The van der Waals surface area contributed by atoms with Crippen molar-refractivity contribution in [1.29, 1.82) is 0 Å². The molecule has 4 rings (SSSR count). The number of carbonyl (C=O) groups excluding carboxylic acids is 2. The molecule has 1 atom stereocenters. The molecular formula is C24H27N5O2. The summed E-state index contributed by atoms with van der Waals surface area (Å²) in [5.74, 6) is 0.848. The number of para-hydroxylation sites is 1. The minimum atomic E-state index is -0.158. The van der Waals surface area contributed by atoms with Crippen LogP contribution in [0.25, 0.3) is 11.3 Å². The molecule has 31 heavy (non-hydrogen) atoms. The van der Waals surface area contributed by atoms with Crippen molar-refractivity contribution in [2.45, 2.75) is 33.1 Å². The second kappa shape index (κ2) is 9.12. The average molecular weight is 418 g/mol. The zero-order chi connectivity index (χ0) is 21.8. The van der Waals surface area contributed by atoms with Crippen LogP contribution in [-0.2, 0) is 16.0 Å². The number of allylic oxidation sites excluding steroid dienone is 2. The number of hydrogen-bond acceptors (Lipinski definition) is 5. The first-order chi connectivity index (χ1) is 15.0. The van der Waals surface area contributed by atoms with Crippen LogP contribution in [0.5, 0.6) is 0 Å². The molecule has 7 nitrogen and oxygen atoms in total. The fourth-order valence-electron chi connectivity index (χ4n) is 3.65. The molecule has 3 N–H and O–H groups in total. The van der Waals surface area contributed by atoms with Gasteiger partial charge in [-0.15, -0.1) is 0 Å². The maximum absolute atomic E-state index is 12.3. The molecule has 2 amide bonds. The molecule has 0 saturated carbocycles. The predicted octanol–water partition coefficient (Wildman–Crippen LogP) is 3.67. The number of hydrogen-bond donors (Lipinski definition) is 3. The Balaban J connectivity index is 1.45. The molecule has 1 aromatic heterocycles. The average Bonchev–Trinajstić information content (AvgIpc) is 2.89. The Morgan fingerprint density at radius 2 is 2.13 bits per heavy atom. The van der Waals surface area contributed by atoms with Gasteiger partial charge in [-0.2, -0.15) is 0 Å². The molecule has 1 aliphatic carbocycles. The summed E-state index contributed by atoms with van der Waals surface area (Å²) in [5.41, 5.74) is 4.01. The summed E-state index contributed by atoms with van der Waals surface area (Å²) in [5, 5.41) is 9.15. The van der Waals surface area contributed by atoms with Gasteiger partial charge in [0, 0.05) is 29.6 Å². The quantitative estimate of drug-likeness (QED) is 0.666. The van der Waals surface area contributed by atoms with E-state index < -0.39 is 0 Å². The number of carbonyl (C=O) groups is 2. The van der Waals surface area contributed by atoms with E-state index in [1.807, 2.05) is 42.5 Å². The highest BCUT2D eigenvalue weighted by Gasteiger charge is 2.21. The lowest BCUT2D eigenvalue weighted by Gasteiger charge is -2.17. The van der Waals surface area contributed by atoms with Crippen LogP contribution < -0.4 is 16.0 Å². The number of amides is 2. The van der Waals surface area contributed by atoms with Crippen molar-refractivity contribution in [3.8, 4) is 11.3 Å². The summed E-state index contributed by atoms with van der Waals surface area (Å²) in [4.78, 5) is 33.5. The van der Waals surface area contributed by atoms with E-state index in [1.165, 1.54) is 0 Å². The first-order valence-corrected chi connectivity index (χ1v) is 10.7. The lowest BCUT2D eigenvalue weighted by Crippen LogP contribution is -2.31. The van der Waals surface area contributed by atoms with E-state index in [1.54, 1.807) is 6.20 Å². The van der Waals surface area contributed by atoms with Crippen LogP contribution in [0.15, 0.2) is 54.4 Å². The predicted molar refractivity (Wildman–Crippen MR) is 121 cm³/mol. The Morgan fingerprint density at radius 3 is 2.90 bits per heavy atom. The molecule has 160 valence electrons. The fourth-order valence-corrected chi connectivity index (χ4v) is 3.65. The maximum Gasteiger partial charge on any atom is 0.228 e. The van der Waals surface area contributed by atoms with E-state index in [-0.39, 0.29) is 24.2 Å². The van der Waals surface area contributed by atoms with Crippen LogP contribution in [0.1, 0.15) is 32.3 Å². The van der Waals surface area contributed by atoms with Crippen molar-refractivity contribution in [1.82, 2.24) is 15.3 Å². The maximum atomic E-state index is 12.3. The minimum absolute atomic E-state index is 0.0576. The first-order valence-electron chi connectivity index (χ1n) is 10.7. The zero-order valence-electron chi connectivity index (χ0n) is 17.8. The molecule has 2 heterocycles. The van der Waals surface area contributed by atoms with E-state index in [0.29, 0.717) is 24.8 Å². The van der Waals surface area contributed by atoms with Gasteiger partial charge in [0.1, 0.15) is 0 Å². The van der Waals surface area contributed by atoms with Crippen LogP contribution in [0.2, 0.25) is 0 Å². The fraction of sp³-hybridized carbons (Fsp3) is 0.333. The molecule has 0 fully saturated rings. The van der Waals surface area contributed by atoms with Crippen molar-refractivity contribution in [2.75, 3.05) is 17.2 Å². The minimum Gasteiger partial charge on any atom is -0.356 e. The Morgan fingerprint density at radius 1 is 1.29 bits per heavy atom. The van der Waals surface area contributed by atoms with Crippen LogP contribution in [-0.4, -0.2) is 28.3 Å². The van der Waals surface area contributed by atoms with Gasteiger partial charge in [0.05, 0.1) is 23.7 Å². The van der Waals surface area contributed by atoms with E-state index in [0.717, 1.165) is 34.6 Å². The standard InChI is InChI=1S/C24H27N5O2/c1-15(2)11-12-25-23(31)16-7-9-18(10-8-16)27-24-26-14-17-13-21(30)28-20-6-4-3-5-19(20)22(17)29-24/h3-7,9-10,14-16H,8,11-13H2,1-2H3,(H,25,31)(H,28,30)(H,26,27,29). The van der Waals surface area contributed by atoms with E-state index in [4.69, 9.17) is 0 Å². The second-order valence-corrected chi connectivity index (χ2v) is 8.30. The van der Waals surface area contributed by atoms with E-state index in [2.05, 4.69) is 39.8 Å². The smallest absolute Gasteiger partial charge is 0.228 e. The SMILES string of the molecule is CC(C)CCNC(=O)C1C=CC(Nc2ncc3c(n2)-c2ccccc2NC(=O)C3)=CC1. The van der Waals surface area contributed by atoms with Gasteiger partial charge >= 0.3 is 0 Å². The van der Waals surface area contributed by atoms with Crippen LogP contribution in [0.3, 0.4) is 0 Å². The summed E-state index contributed by atoms with van der Waals surface area (Å²) in [7, 11) is 0. The van der Waals surface area contributed by atoms with Gasteiger partial charge in [-0.1, -0.05) is 44.2 Å². The van der Waals surface area contributed by atoms with Crippen molar-refractivity contribution < 1.29 is 9.59 Å². The molecule has 7 heteroatoms. The van der Waals surface area contributed by atoms with E-state index in [9.17, 15) is 9.59 Å². The molecule has 2 aromatic rings. The molecule has 2 aliphatic rings. The summed E-state index contributed by atoms with van der Waals surface area (Å²) in [6, 6.07) is 7.63. The number of benzene rings is 1. The number of nitrogens with zero attached hydrogens (tertiary/aromatic N) is 2. The molecule has 0 bridgehead atoms. The first kappa shape index (κ1) is 20.8.